The van der Waals surface area contributed by atoms with Crippen molar-refractivity contribution >= 4 is 23.2 Å². The van der Waals surface area contributed by atoms with E-state index in [0.717, 1.165) is 11.3 Å². The van der Waals surface area contributed by atoms with Gasteiger partial charge in [-0.15, -0.1) is 0 Å². The smallest absolute Gasteiger partial charge is 0.226 e. The number of rotatable bonds is 7. The molecule has 0 aromatic heterocycles. The number of carbonyl (C=O) groups is 2. The Morgan fingerprint density at radius 2 is 1.72 bits per heavy atom. The zero-order chi connectivity index (χ0) is 21.6. The zero-order valence-electron chi connectivity index (χ0n) is 18.0. The molecule has 0 aliphatic heterocycles. The number of hydrogen-bond donors (Lipinski definition) is 1. The van der Waals surface area contributed by atoms with Gasteiger partial charge >= 0.3 is 0 Å². The predicted octanol–water partition coefficient (Wildman–Crippen LogP) is 4.38. The number of nitrogens with one attached hydrogen (secondary N) is 1. The summed E-state index contributed by atoms with van der Waals surface area (Å²) >= 11 is 0. The number of nitrogens with zero attached hydrogens (tertiary/aromatic N) is 1. The molecule has 2 aromatic rings. The third-order valence-electron chi connectivity index (χ3n) is 4.63. The van der Waals surface area contributed by atoms with Gasteiger partial charge in [0.05, 0.1) is 19.9 Å². The molecule has 0 saturated carbocycles. The van der Waals surface area contributed by atoms with E-state index in [1.165, 1.54) is 14.0 Å². The largest absolute Gasteiger partial charge is 0.497 e. The fourth-order valence-corrected chi connectivity index (χ4v) is 3.12. The molecule has 6 heteroatoms. The topological polar surface area (TPSA) is 67.9 Å². The van der Waals surface area contributed by atoms with Crippen LogP contribution in [-0.2, 0) is 15.0 Å². The molecule has 0 saturated heterocycles. The zero-order valence-corrected chi connectivity index (χ0v) is 18.0. The van der Waals surface area contributed by atoms with Crippen molar-refractivity contribution in [2.75, 3.05) is 31.0 Å². The van der Waals surface area contributed by atoms with E-state index in [4.69, 9.17) is 9.47 Å². The summed E-state index contributed by atoms with van der Waals surface area (Å²) in [6, 6.07) is 13.0. The van der Waals surface area contributed by atoms with E-state index in [0.29, 0.717) is 17.2 Å². The van der Waals surface area contributed by atoms with Gasteiger partial charge in [0.2, 0.25) is 11.8 Å². The molecule has 0 radical (unpaired) electrons. The Hall–Kier alpha value is -3.02. The van der Waals surface area contributed by atoms with Gasteiger partial charge in [-0.2, -0.15) is 0 Å². The number of methoxy groups -OCH3 is 2. The van der Waals surface area contributed by atoms with E-state index in [2.05, 4.69) is 26.1 Å². The quantitative estimate of drug-likeness (QED) is 0.751. The number of benzene rings is 2. The molecule has 0 spiro atoms. The van der Waals surface area contributed by atoms with E-state index >= 15 is 0 Å². The molecule has 0 unspecified atom stereocenters. The summed E-state index contributed by atoms with van der Waals surface area (Å²) in [6.45, 7) is 8.11. The molecular formula is C23H30N2O4. The minimum Gasteiger partial charge on any atom is -0.497 e. The summed E-state index contributed by atoms with van der Waals surface area (Å²) in [5.41, 5.74) is 2.33. The Bertz CT molecular complexity index is 871. The van der Waals surface area contributed by atoms with Crippen LogP contribution < -0.4 is 19.7 Å². The average Bonchev–Trinajstić information content (AvgIpc) is 2.67. The van der Waals surface area contributed by atoms with Crippen molar-refractivity contribution in [3.8, 4) is 11.5 Å². The first-order valence-electron chi connectivity index (χ1n) is 9.57. The molecule has 6 nitrogen and oxygen atoms in total. The first-order valence-corrected chi connectivity index (χ1v) is 9.57. The third kappa shape index (κ3) is 5.73. The average molecular weight is 399 g/mol. The van der Waals surface area contributed by atoms with E-state index in [1.807, 2.05) is 24.3 Å². The van der Waals surface area contributed by atoms with E-state index in [-0.39, 0.29) is 30.2 Å². The number of hydrogen-bond acceptors (Lipinski definition) is 4. The number of para-hydroxylation sites is 1. The molecular weight excluding hydrogens is 368 g/mol. The minimum atomic E-state index is -0.201. The summed E-state index contributed by atoms with van der Waals surface area (Å²) in [6.07, 6.45) is 0.160. The van der Waals surface area contributed by atoms with Crippen molar-refractivity contribution in [3.05, 3.63) is 48.0 Å². The van der Waals surface area contributed by atoms with Gasteiger partial charge in [-0.25, -0.2) is 0 Å². The van der Waals surface area contributed by atoms with Crippen LogP contribution in [0.3, 0.4) is 0 Å². The van der Waals surface area contributed by atoms with Gasteiger partial charge in [0.25, 0.3) is 0 Å². The maximum atomic E-state index is 12.5. The summed E-state index contributed by atoms with van der Waals surface area (Å²) in [5.74, 6) is 0.852. The van der Waals surface area contributed by atoms with Gasteiger partial charge in [0, 0.05) is 31.6 Å². The Morgan fingerprint density at radius 1 is 1.03 bits per heavy atom. The highest BCUT2D eigenvalue weighted by atomic mass is 16.5. The van der Waals surface area contributed by atoms with Crippen LogP contribution in [0.1, 0.15) is 39.7 Å². The van der Waals surface area contributed by atoms with Crippen molar-refractivity contribution in [2.24, 2.45) is 0 Å². The van der Waals surface area contributed by atoms with Crippen LogP contribution in [0.15, 0.2) is 42.5 Å². The fourth-order valence-electron chi connectivity index (χ4n) is 3.12. The van der Waals surface area contributed by atoms with Crippen molar-refractivity contribution in [2.45, 2.75) is 39.5 Å². The van der Waals surface area contributed by atoms with Crippen LogP contribution in [0.25, 0.3) is 0 Å². The van der Waals surface area contributed by atoms with E-state index in [9.17, 15) is 9.59 Å². The van der Waals surface area contributed by atoms with Crippen molar-refractivity contribution in [3.63, 3.8) is 0 Å². The van der Waals surface area contributed by atoms with E-state index in [1.54, 1.807) is 30.2 Å². The first-order chi connectivity index (χ1) is 13.7. The summed E-state index contributed by atoms with van der Waals surface area (Å²) in [7, 11) is 3.10. The predicted molar refractivity (Wildman–Crippen MR) is 116 cm³/mol. The summed E-state index contributed by atoms with van der Waals surface area (Å²) in [4.78, 5) is 26.5. The number of carbonyl (C=O) groups excluding carboxylic acids is 2. The van der Waals surface area contributed by atoms with Gasteiger partial charge in [0.15, 0.2) is 0 Å². The first kappa shape index (κ1) is 22.3. The molecule has 0 atom stereocenters. The molecule has 156 valence electrons. The number of ether oxygens (including phenoxy) is 2. The highest BCUT2D eigenvalue weighted by Crippen LogP contribution is 2.32. The Kier molecular flexibility index (Phi) is 7.26. The van der Waals surface area contributed by atoms with Crippen LogP contribution in [0.4, 0.5) is 11.4 Å². The van der Waals surface area contributed by atoms with Gasteiger partial charge in [-0.1, -0.05) is 39.0 Å². The Morgan fingerprint density at radius 3 is 2.31 bits per heavy atom. The minimum absolute atomic E-state index is 0.100. The monoisotopic (exact) mass is 398 g/mol. The van der Waals surface area contributed by atoms with Gasteiger partial charge in [-0.3, -0.25) is 9.59 Å². The summed E-state index contributed by atoms with van der Waals surface area (Å²) < 4.78 is 10.5. The second-order valence-electron chi connectivity index (χ2n) is 7.80. The highest BCUT2D eigenvalue weighted by Gasteiger charge is 2.23. The molecule has 1 N–H and O–H groups in total. The standard InChI is InChI=1S/C23H30N2O4/c1-16(26)25(20-10-8-7-9-18(20)23(2,3)4)14-13-22(27)24-19-12-11-17(28-5)15-21(19)29-6/h7-12,15H,13-14H2,1-6H3,(H,24,27). The molecule has 2 aromatic carbocycles. The summed E-state index contributed by atoms with van der Waals surface area (Å²) in [5, 5.41) is 2.85. The molecule has 0 heterocycles. The van der Waals surface area contributed by atoms with E-state index < -0.39 is 0 Å². The molecule has 0 aliphatic carbocycles. The van der Waals surface area contributed by atoms with Crippen LogP contribution in [-0.4, -0.2) is 32.6 Å². The normalized spacial score (nSPS) is 11.0. The Labute approximate surface area is 172 Å². The fraction of sp³-hybridized carbons (Fsp3) is 0.391. The lowest BCUT2D eigenvalue weighted by Crippen LogP contribution is -2.34. The molecule has 0 fully saturated rings. The number of amides is 2. The molecule has 0 bridgehead atoms. The van der Waals surface area contributed by atoms with Crippen LogP contribution in [0.2, 0.25) is 0 Å². The Balaban J connectivity index is 2.15. The van der Waals surface area contributed by atoms with Crippen molar-refractivity contribution in [1.82, 2.24) is 0 Å². The van der Waals surface area contributed by atoms with Crippen LogP contribution in [0, 0.1) is 0 Å². The number of anilines is 2. The maximum Gasteiger partial charge on any atom is 0.226 e. The lowest BCUT2D eigenvalue weighted by molar-refractivity contribution is -0.117. The molecule has 2 rings (SSSR count). The van der Waals surface area contributed by atoms with Crippen molar-refractivity contribution < 1.29 is 19.1 Å². The van der Waals surface area contributed by atoms with Gasteiger partial charge in [-0.05, 0) is 29.2 Å². The lowest BCUT2D eigenvalue weighted by atomic mass is 9.85. The lowest BCUT2D eigenvalue weighted by Gasteiger charge is -2.29. The molecule has 2 amide bonds. The van der Waals surface area contributed by atoms with Crippen LogP contribution >= 0.6 is 0 Å². The second kappa shape index (κ2) is 9.45. The second-order valence-corrected chi connectivity index (χ2v) is 7.80. The highest BCUT2D eigenvalue weighted by molar-refractivity contribution is 5.96. The van der Waals surface area contributed by atoms with Gasteiger partial charge < -0.3 is 19.7 Å². The third-order valence-corrected chi connectivity index (χ3v) is 4.63. The molecule has 29 heavy (non-hydrogen) atoms. The van der Waals surface area contributed by atoms with Crippen molar-refractivity contribution in [1.29, 1.82) is 0 Å². The maximum absolute atomic E-state index is 12.5. The van der Waals surface area contributed by atoms with Crippen LogP contribution in [0.5, 0.6) is 11.5 Å². The molecule has 0 aliphatic rings. The van der Waals surface area contributed by atoms with Gasteiger partial charge in [0.1, 0.15) is 11.5 Å². The SMILES string of the molecule is COc1ccc(NC(=O)CCN(C(C)=O)c2ccccc2C(C)(C)C)c(OC)c1.